The van der Waals surface area contributed by atoms with Gasteiger partial charge < -0.3 is 14.8 Å². The van der Waals surface area contributed by atoms with Crippen molar-refractivity contribution < 1.29 is 23.5 Å². The van der Waals surface area contributed by atoms with Crippen LogP contribution in [-0.2, 0) is 9.53 Å². The molecule has 1 atom stereocenters. The van der Waals surface area contributed by atoms with Crippen LogP contribution in [0.3, 0.4) is 0 Å². The fourth-order valence-corrected chi connectivity index (χ4v) is 2.61. The van der Waals surface area contributed by atoms with Gasteiger partial charge in [-0.1, -0.05) is 28.1 Å². The van der Waals surface area contributed by atoms with E-state index in [0.29, 0.717) is 15.8 Å². The van der Waals surface area contributed by atoms with Crippen molar-refractivity contribution in [2.45, 2.75) is 12.5 Å². The lowest BCUT2D eigenvalue weighted by Gasteiger charge is -2.19. The summed E-state index contributed by atoms with van der Waals surface area (Å²) in [6, 6.07) is 10.3. The normalized spacial score (nSPS) is 11.5. The van der Waals surface area contributed by atoms with E-state index in [1.165, 1.54) is 25.3 Å². The van der Waals surface area contributed by atoms with Gasteiger partial charge in [-0.2, -0.15) is 0 Å². The van der Waals surface area contributed by atoms with E-state index < -0.39 is 23.7 Å². The molecule has 0 aliphatic heterocycles. The van der Waals surface area contributed by atoms with E-state index in [4.69, 9.17) is 4.74 Å². The Morgan fingerprint density at radius 1 is 1.16 bits per heavy atom. The quantitative estimate of drug-likeness (QED) is 0.739. The molecule has 0 fully saturated rings. The lowest BCUT2D eigenvalue weighted by molar-refractivity contribution is -0.141. The van der Waals surface area contributed by atoms with Crippen LogP contribution < -0.4 is 10.1 Å². The molecular weight excluding hydrogens is 393 g/mol. The predicted molar refractivity (Wildman–Crippen MR) is 93.9 cm³/mol. The van der Waals surface area contributed by atoms with E-state index >= 15 is 0 Å². The molecule has 0 aliphatic rings. The van der Waals surface area contributed by atoms with Crippen LogP contribution in [0.2, 0.25) is 0 Å². The van der Waals surface area contributed by atoms with E-state index in [9.17, 15) is 14.0 Å². The molecule has 5 nitrogen and oxygen atoms in total. The molecule has 0 heterocycles. The SMILES string of the molecule is COC(=O)CC(NC(=O)c1cc(Br)ccc1F)c1ccc(OC)cc1. The van der Waals surface area contributed by atoms with Crippen molar-refractivity contribution >= 4 is 27.8 Å². The molecule has 2 rings (SSSR count). The van der Waals surface area contributed by atoms with Crippen LogP contribution in [0, 0.1) is 5.82 Å². The molecule has 25 heavy (non-hydrogen) atoms. The lowest BCUT2D eigenvalue weighted by Crippen LogP contribution is -2.31. The van der Waals surface area contributed by atoms with Crippen molar-refractivity contribution in [3.05, 3.63) is 63.9 Å². The maximum atomic E-state index is 13.9. The highest BCUT2D eigenvalue weighted by Gasteiger charge is 2.21. The van der Waals surface area contributed by atoms with E-state index in [2.05, 4.69) is 26.0 Å². The first-order chi connectivity index (χ1) is 11.9. The molecule has 0 radical (unpaired) electrons. The molecular formula is C18H17BrFNO4. The van der Waals surface area contributed by atoms with Crippen LogP contribution in [0.1, 0.15) is 28.4 Å². The Hall–Kier alpha value is -2.41. The van der Waals surface area contributed by atoms with Crippen molar-refractivity contribution in [2.75, 3.05) is 14.2 Å². The highest BCUT2D eigenvalue weighted by Crippen LogP contribution is 2.22. The average molecular weight is 410 g/mol. The minimum absolute atomic E-state index is 0.0792. The highest BCUT2D eigenvalue weighted by molar-refractivity contribution is 9.10. The molecule has 2 aromatic rings. The zero-order chi connectivity index (χ0) is 18.4. The molecule has 0 aromatic heterocycles. The van der Waals surface area contributed by atoms with Gasteiger partial charge in [0.1, 0.15) is 11.6 Å². The fourth-order valence-electron chi connectivity index (χ4n) is 2.25. The first-order valence-electron chi connectivity index (χ1n) is 7.41. The largest absolute Gasteiger partial charge is 0.497 e. The summed E-state index contributed by atoms with van der Waals surface area (Å²) in [7, 11) is 2.81. The Bertz CT molecular complexity index is 764. The first kappa shape index (κ1) is 18.9. The van der Waals surface area contributed by atoms with Crippen molar-refractivity contribution in [3.63, 3.8) is 0 Å². The molecule has 2 aromatic carbocycles. The number of carbonyl (C=O) groups excluding carboxylic acids is 2. The minimum Gasteiger partial charge on any atom is -0.497 e. The van der Waals surface area contributed by atoms with Crippen molar-refractivity contribution in [1.82, 2.24) is 5.32 Å². The third-order valence-corrected chi connectivity index (χ3v) is 4.09. The van der Waals surface area contributed by atoms with E-state index in [0.717, 1.165) is 0 Å². The standard InChI is InChI=1S/C18H17BrFNO4/c1-24-13-6-3-11(4-7-13)16(10-17(22)25-2)21-18(23)14-9-12(19)5-8-15(14)20/h3-9,16H,10H2,1-2H3,(H,21,23). The number of nitrogens with one attached hydrogen (secondary N) is 1. The fraction of sp³-hybridized carbons (Fsp3) is 0.222. The summed E-state index contributed by atoms with van der Waals surface area (Å²) in [6.07, 6.45) is -0.0792. The number of halogens is 2. The van der Waals surface area contributed by atoms with Gasteiger partial charge in [-0.25, -0.2) is 4.39 Å². The Morgan fingerprint density at radius 3 is 2.44 bits per heavy atom. The Kier molecular flexibility index (Phi) is 6.52. The summed E-state index contributed by atoms with van der Waals surface area (Å²) in [5.74, 6) is -1.11. The summed E-state index contributed by atoms with van der Waals surface area (Å²) in [5, 5.41) is 2.68. The predicted octanol–water partition coefficient (Wildman–Crippen LogP) is 3.63. The molecule has 0 aliphatic carbocycles. The topological polar surface area (TPSA) is 64.6 Å². The van der Waals surface area contributed by atoms with Crippen LogP contribution in [0.4, 0.5) is 4.39 Å². The van der Waals surface area contributed by atoms with Gasteiger partial charge >= 0.3 is 5.97 Å². The van der Waals surface area contributed by atoms with E-state index in [1.54, 1.807) is 31.4 Å². The van der Waals surface area contributed by atoms with Crippen LogP contribution in [-0.4, -0.2) is 26.1 Å². The van der Waals surface area contributed by atoms with Crippen molar-refractivity contribution in [3.8, 4) is 5.75 Å². The van der Waals surface area contributed by atoms with Crippen molar-refractivity contribution in [1.29, 1.82) is 0 Å². The molecule has 0 saturated heterocycles. The Balaban J connectivity index is 2.27. The zero-order valence-electron chi connectivity index (χ0n) is 13.7. The lowest BCUT2D eigenvalue weighted by atomic mass is 10.0. The van der Waals surface area contributed by atoms with Gasteiger partial charge in [0.25, 0.3) is 5.91 Å². The number of hydrogen-bond acceptors (Lipinski definition) is 4. The molecule has 132 valence electrons. The summed E-state index contributed by atoms with van der Waals surface area (Å²) in [5.41, 5.74) is 0.563. The number of esters is 1. The molecule has 1 N–H and O–H groups in total. The molecule has 1 amide bonds. The molecule has 0 saturated carbocycles. The van der Waals surface area contributed by atoms with Gasteiger partial charge in [-0.05, 0) is 35.9 Å². The maximum absolute atomic E-state index is 13.9. The van der Waals surface area contributed by atoms with Gasteiger partial charge in [0.15, 0.2) is 0 Å². The zero-order valence-corrected chi connectivity index (χ0v) is 15.3. The molecule has 1 unspecified atom stereocenters. The second kappa shape index (κ2) is 8.62. The van der Waals surface area contributed by atoms with Crippen molar-refractivity contribution in [2.24, 2.45) is 0 Å². The maximum Gasteiger partial charge on any atom is 0.307 e. The Labute approximate surface area is 153 Å². The third kappa shape index (κ3) is 5.03. The summed E-state index contributed by atoms with van der Waals surface area (Å²) >= 11 is 3.21. The van der Waals surface area contributed by atoms with Gasteiger partial charge in [0.2, 0.25) is 0 Å². The van der Waals surface area contributed by atoms with E-state index in [-0.39, 0.29) is 12.0 Å². The summed E-state index contributed by atoms with van der Waals surface area (Å²) < 4.78 is 24.3. The van der Waals surface area contributed by atoms with Gasteiger partial charge in [-0.3, -0.25) is 9.59 Å². The number of rotatable bonds is 6. The number of carbonyl (C=O) groups is 2. The smallest absolute Gasteiger partial charge is 0.307 e. The number of benzene rings is 2. The number of hydrogen-bond donors (Lipinski definition) is 1. The van der Waals surface area contributed by atoms with E-state index in [1.807, 2.05) is 0 Å². The third-order valence-electron chi connectivity index (χ3n) is 3.59. The summed E-state index contributed by atoms with van der Waals surface area (Å²) in [6.45, 7) is 0. The van der Waals surface area contributed by atoms with Gasteiger partial charge in [0, 0.05) is 4.47 Å². The van der Waals surface area contributed by atoms with Gasteiger partial charge in [-0.15, -0.1) is 0 Å². The Morgan fingerprint density at radius 2 is 1.84 bits per heavy atom. The van der Waals surface area contributed by atoms with Crippen LogP contribution >= 0.6 is 15.9 Å². The minimum atomic E-state index is -0.663. The van der Waals surface area contributed by atoms with Crippen LogP contribution in [0.15, 0.2) is 46.9 Å². The molecule has 0 spiro atoms. The second-order valence-corrected chi connectivity index (χ2v) is 6.12. The number of methoxy groups -OCH3 is 2. The number of ether oxygens (including phenoxy) is 2. The summed E-state index contributed by atoms with van der Waals surface area (Å²) in [4.78, 5) is 24.1. The van der Waals surface area contributed by atoms with Crippen LogP contribution in [0.5, 0.6) is 5.75 Å². The first-order valence-corrected chi connectivity index (χ1v) is 8.20. The average Bonchev–Trinajstić information content (AvgIpc) is 2.63. The number of amides is 1. The molecule has 0 bridgehead atoms. The highest BCUT2D eigenvalue weighted by atomic mass is 79.9. The second-order valence-electron chi connectivity index (χ2n) is 5.20. The van der Waals surface area contributed by atoms with Crippen LogP contribution in [0.25, 0.3) is 0 Å². The molecule has 7 heteroatoms. The van der Waals surface area contributed by atoms with Gasteiger partial charge in [0.05, 0.1) is 32.2 Å². The monoisotopic (exact) mass is 409 g/mol.